The number of carbonyl (C=O) groups excluding carboxylic acids is 1. The van der Waals surface area contributed by atoms with E-state index in [9.17, 15) is 4.79 Å². The van der Waals surface area contributed by atoms with E-state index in [2.05, 4.69) is 23.8 Å². The van der Waals surface area contributed by atoms with Gasteiger partial charge in [-0.3, -0.25) is 0 Å². The van der Waals surface area contributed by atoms with Crippen LogP contribution >= 0.6 is 0 Å². The predicted molar refractivity (Wildman–Crippen MR) is 51.1 cm³/mol. The van der Waals surface area contributed by atoms with Gasteiger partial charge in [-0.2, -0.15) is 0 Å². The van der Waals surface area contributed by atoms with Crippen LogP contribution in [0.25, 0.3) is 0 Å². The maximum absolute atomic E-state index is 9.92. The van der Waals surface area contributed by atoms with Gasteiger partial charge in [-0.05, 0) is 37.5 Å². The lowest BCUT2D eigenvalue weighted by Crippen LogP contribution is -1.97. The van der Waals surface area contributed by atoms with Crippen LogP contribution in [0.1, 0.15) is 22.3 Å². The van der Waals surface area contributed by atoms with Crippen molar-refractivity contribution in [3.05, 3.63) is 34.4 Å². The summed E-state index contributed by atoms with van der Waals surface area (Å²) in [6.07, 6.45) is 0. The van der Waals surface area contributed by atoms with Gasteiger partial charge in [-0.1, -0.05) is 17.7 Å². The van der Waals surface area contributed by atoms with E-state index in [0.717, 1.165) is 16.7 Å². The van der Waals surface area contributed by atoms with Gasteiger partial charge in [0.1, 0.15) is 6.61 Å². The smallest absolute Gasteiger partial charge is 0.417 e. The molecule has 0 amide bonds. The highest BCUT2D eigenvalue weighted by Crippen LogP contribution is 2.16. The second-order valence-corrected chi connectivity index (χ2v) is 3.25. The van der Waals surface area contributed by atoms with E-state index in [1.54, 1.807) is 0 Å². The summed E-state index contributed by atoms with van der Waals surface area (Å²) in [6, 6.07) is 4.16. The van der Waals surface area contributed by atoms with Gasteiger partial charge in [0.05, 0.1) is 0 Å². The Balaban J connectivity index is 2.98. The number of rotatable bonds is 3. The zero-order valence-electron chi connectivity index (χ0n) is 8.18. The average Bonchev–Trinajstić information content (AvgIpc) is 2.02. The SMILES string of the molecule is Cc1cc(C)c(CO[C]=O)c(C)c1. The number of hydrogen-bond acceptors (Lipinski definition) is 2. The van der Waals surface area contributed by atoms with Crippen LogP contribution < -0.4 is 0 Å². The standard InChI is InChI=1S/C11H13O2/c1-8-4-9(2)11(6-13-7-12)10(3)5-8/h4-5H,6H2,1-3H3. The zero-order valence-corrected chi connectivity index (χ0v) is 8.18. The highest BCUT2D eigenvalue weighted by Gasteiger charge is 2.03. The Morgan fingerprint density at radius 1 is 1.23 bits per heavy atom. The lowest BCUT2D eigenvalue weighted by atomic mass is 10.0. The Labute approximate surface area is 78.5 Å². The maximum Gasteiger partial charge on any atom is 0.417 e. The van der Waals surface area contributed by atoms with Crippen LogP contribution in [0, 0.1) is 20.8 Å². The highest BCUT2D eigenvalue weighted by atomic mass is 16.5. The molecular formula is C11H13O2. The van der Waals surface area contributed by atoms with E-state index >= 15 is 0 Å². The van der Waals surface area contributed by atoms with Crippen molar-refractivity contribution in [2.75, 3.05) is 0 Å². The van der Waals surface area contributed by atoms with Gasteiger partial charge in [0, 0.05) is 0 Å². The number of benzene rings is 1. The summed E-state index contributed by atoms with van der Waals surface area (Å²) in [7, 11) is 0. The molecule has 13 heavy (non-hydrogen) atoms. The predicted octanol–water partition coefficient (Wildman–Crippen LogP) is 2.20. The first-order valence-corrected chi connectivity index (χ1v) is 4.21. The summed E-state index contributed by atoms with van der Waals surface area (Å²) in [5, 5.41) is 0. The van der Waals surface area contributed by atoms with Crippen molar-refractivity contribution in [1.82, 2.24) is 0 Å². The average molecular weight is 177 g/mol. The molecule has 0 saturated heterocycles. The molecule has 2 nitrogen and oxygen atoms in total. The number of ether oxygens (including phenoxy) is 1. The molecule has 0 aromatic heterocycles. The topological polar surface area (TPSA) is 26.3 Å². The summed E-state index contributed by atoms with van der Waals surface area (Å²) in [4.78, 5) is 9.92. The van der Waals surface area contributed by atoms with Gasteiger partial charge in [0.25, 0.3) is 0 Å². The van der Waals surface area contributed by atoms with Crippen LogP contribution in [0.3, 0.4) is 0 Å². The zero-order chi connectivity index (χ0) is 9.84. The number of aryl methyl sites for hydroxylation is 3. The van der Waals surface area contributed by atoms with E-state index in [0.29, 0.717) is 6.61 Å². The molecule has 1 radical (unpaired) electrons. The van der Waals surface area contributed by atoms with E-state index in [-0.39, 0.29) is 0 Å². The molecule has 1 rings (SSSR count). The van der Waals surface area contributed by atoms with Crippen LogP contribution in [0.15, 0.2) is 12.1 Å². The molecule has 2 heteroatoms. The lowest BCUT2D eigenvalue weighted by molar-refractivity contribution is 0.266. The van der Waals surface area contributed by atoms with Crippen molar-refractivity contribution in [2.24, 2.45) is 0 Å². The molecule has 0 bridgehead atoms. The normalized spacial score (nSPS) is 9.77. The maximum atomic E-state index is 9.92. The summed E-state index contributed by atoms with van der Waals surface area (Å²) in [5.41, 5.74) is 4.63. The van der Waals surface area contributed by atoms with Crippen molar-refractivity contribution < 1.29 is 9.53 Å². The van der Waals surface area contributed by atoms with Crippen LogP contribution in [0.4, 0.5) is 0 Å². The fourth-order valence-electron chi connectivity index (χ4n) is 1.54. The van der Waals surface area contributed by atoms with E-state index in [4.69, 9.17) is 0 Å². The highest BCUT2D eigenvalue weighted by molar-refractivity contribution is 5.41. The van der Waals surface area contributed by atoms with Gasteiger partial charge in [-0.15, -0.1) is 0 Å². The quantitative estimate of drug-likeness (QED) is 0.707. The molecule has 69 valence electrons. The third kappa shape index (κ3) is 2.31. The minimum atomic E-state index is 0.321. The van der Waals surface area contributed by atoms with Crippen molar-refractivity contribution in [1.29, 1.82) is 0 Å². The summed E-state index contributed by atoms with van der Waals surface area (Å²) < 4.78 is 4.62. The van der Waals surface area contributed by atoms with Gasteiger partial charge < -0.3 is 4.74 Å². The molecule has 1 aromatic rings. The molecule has 1 aromatic carbocycles. The summed E-state index contributed by atoms with van der Waals surface area (Å²) in [5.74, 6) is 0. The molecule has 0 aliphatic heterocycles. The first-order valence-electron chi connectivity index (χ1n) is 4.21. The Bertz CT molecular complexity index is 293. The summed E-state index contributed by atoms with van der Waals surface area (Å²) >= 11 is 0. The summed E-state index contributed by atoms with van der Waals surface area (Å²) in [6.45, 7) is 7.84. The van der Waals surface area contributed by atoms with Gasteiger partial charge in [0.15, 0.2) is 0 Å². The van der Waals surface area contributed by atoms with Crippen LogP contribution in [0.2, 0.25) is 0 Å². The van der Waals surface area contributed by atoms with Crippen LogP contribution in [-0.4, -0.2) is 6.47 Å². The number of hydrogen-bond donors (Lipinski definition) is 0. The molecule has 0 aliphatic carbocycles. The van der Waals surface area contributed by atoms with Crippen molar-refractivity contribution >= 4 is 6.47 Å². The second-order valence-electron chi connectivity index (χ2n) is 3.25. The molecule has 0 saturated carbocycles. The minimum Gasteiger partial charge on any atom is -0.452 e. The van der Waals surface area contributed by atoms with Crippen LogP contribution in [0.5, 0.6) is 0 Å². The van der Waals surface area contributed by atoms with E-state index in [1.165, 1.54) is 12.0 Å². The monoisotopic (exact) mass is 177 g/mol. The molecule has 0 heterocycles. The molecule has 0 N–H and O–H groups in total. The van der Waals surface area contributed by atoms with Crippen molar-refractivity contribution in [3.8, 4) is 0 Å². The molecule has 0 fully saturated rings. The first-order chi connectivity index (χ1) is 6.15. The van der Waals surface area contributed by atoms with Gasteiger partial charge >= 0.3 is 6.47 Å². The first kappa shape index (κ1) is 9.78. The largest absolute Gasteiger partial charge is 0.452 e. The van der Waals surface area contributed by atoms with E-state index < -0.39 is 0 Å². The van der Waals surface area contributed by atoms with Gasteiger partial charge in [-0.25, -0.2) is 4.79 Å². The van der Waals surface area contributed by atoms with E-state index in [1.807, 2.05) is 13.8 Å². The Kier molecular flexibility index (Phi) is 3.07. The minimum absolute atomic E-state index is 0.321. The Hall–Kier alpha value is -1.31. The fraction of sp³-hybridized carbons (Fsp3) is 0.364. The molecule has 0 atom stereocenters. The van der Waals surface area contributed by atoms with Crippen molar-refractivity contribution in [2.45, 2.75) is 27.4 Å². The molecule has 0 aliphatic rings. The molecule has 0 spiro atoms. The second kappa shape index (κ2) is 4.08. The molecular weight excluding hydrogens is 164 g/mol. The Morgan fingerprint density at radius 2 is 1.77 bits per heavy atom. The third-order valence-corrected chi connectivity index (χ3v) is 2.12. The van der Waals surface area contributed by atoms with Gasteiger partial charge in [0.2, 0.25) is 0 Å². The Morgan fingerprint density at radius 3 is 2.23 bits per heavy atom. The van der Waals surface area contributed by atoms with Crippen LogP contribution in [-0.2, 0) is 16.1 Å². The van der Waals surface area contributed by atoms with Crippen molar-refractivity contribution in [3.63, 3.8) is 0 Å². The lowest BCUT2D eigenvalue weighted by Gasteiger charge is -2.09. The molecule has 0 unspecified atom stereocenters. The third-order valence-electron chi connectivity index (χ3n) is 2.12. The fourth-order valence-corrected chi connectivity index (χ4v) is 1.54.